The number of rotatable bonds is 4. The highest BCUT2D eigenvalue weighted by Gasteiger charge is 2.42. The molecule has 2 heterocycles. The number of ether oxygens (including phenoxy) is 1. The molecule has 7 heteroatoms. The second kappa shape index (κ2) is 7.66. The number of amides is 2. The molecular formula is C21H26N4O3. The van der Waals surface area contributed by atoms with Gasteiger partial charge in [-0.2, -0.15) is 5.10 Å². The molecule has 0 radical (unpaired) electrons. The number of aromatic nitrogens is 2. The van der Waals surface area contributed by atoms with Crippen molar-refractivity contribution in [2.24, 2.45) is 5.92 Å². The van der Waals surface area contributed by atoms with E-state index >= 15 is 0 Å². The van der Waals surface area contributed by atoms with Crippen molar-refractivity contribution in [2.75, 3.05) is 20.1 Å². The van der Waals surface area contributed by atoms with E-state index < -0.39 is 5.60 Å². The molecule has 0 bridgehead atoms. The van der Waals surface area contributed by atoms with Crippen molar-refractivity contribution in [3.05, 3.63) is 47.8 Å². The summed E-state index contributed by atoms with van der Waals surface area (Å²) in [7, 11) is 1.87. The van der Waals surface area contributed by atoms with Gasteiger partial charge in [0.2, 0.25) is 5.91 Å². The summed E-state index contributed by atoms with van der Waals surface area (Å²) >= 11 is 0. The minimum absolute atomic E-state index is 0.0118. The van der Waals surface area contributed by atoms with E-state index in [-0.39, 0.29) is 17.7 Å². The number of hydrogen-bond acceptors (Lipinski definition) is 4. The number of nitrogens with one attached hydrogen (secondary N) is 2. The molecule has 0 saturated heterocycles. The van der Waals surface area contributed by atoms with Crippen LogP contribution in [0.3, 0.4) is 0 Å². The smallest absolute Gasteiger partial charge is 0.255 e. The number of benzene rings is 1. The van der Waals surface area contributed by atoms with Gasteiger partial charge >= 0.3 is 0 Å². The van der Waals surface area contributed by atoms with Crippen molar-refractivity contribution in [3.8, 4) is 5.75 Å². The maximum atomic E-state index is 12.8. The Morgan fingerprint density at radius 2 is 2.11 bits per heavy atom. The van der Waals surface area contributed by atoms with Gasteiger partial charge in [-0.1, -0.05) is 12.1 Å². The molecule has 1 spiro atoms. The maximum absolute atomic E-state index is 12.8. The number of carbonyl (C=O) groups excluding carboxylic acids is 2. The average Bonchev–Trinajstić information content (AvgIpc) is 3.20. The number of carbonyl (C=O) groups is 2. The Balaban J connectivity index is 1.36. The first-order valence-corrected chi connectivity index (χ1v) is 9.85. The Hall–Kier alpha value is -2.83. The molecule has 1 aromatic heterocycles. The summed E-state index contributed by atoms with van der Waals surface area (Å²) < 4.78 is 6.32. The average molecular weight is 382 g/mol. The summed E-state index contributed by atoms with van der Waals surface area (Å²) in [6.45, 7) is 1.16. The van der Waals surface area contributed by atoms with Crippen LogP contribution < -0.4 is 10.1 Å². The van der Waals surface area contributed by atoms with Gasteiger partial charge in [0, 0.05) is 25.7 Å². The number of fused-ring (bicyclic) bond motifs is 1. The van der Waals surface area contributed by atoms with Crippen LogP contribution in [0.25, 0.3) is 0 Å². The summed E-state index contributed by atoms with van der Waals surface area (Å²) in [5, 5.41) is 9.73. The van der Waals surface area contributed by atoms with E-state index in [0.717, 1.165) is 37.7 Å². The third kappa shape index (κ3) is 3.74. The van der Waals surface area contributed by atoms with E-state index in [1.165, 1.54) is 0 Å². The van der Waals surface area contributed by atoms with E-state index in [9.17, 15) is 9.59 Å². The van der Waals surface area contributed by atoms with Crippen LogP contribution >= 0.6 is 0 Å². The van der Waals surface area contributed by atoms with Crippen molar-refractivity contribution >= 4 is 11.8 Å². The zero-order valence-electron chi connectivity index (χ0n) is 16.1. The molecule has 4 rings (SSSR count). The van der Waals surface area contributed by atoms with Crippen molar-refractivity contribution in [3.63, 3.8) is 0 Å². The summed E-state index contributed by atoms with van der Waals surface area (Å²) in [4.78, 5) is 27.0. The molecule has 2 aliphatic rings. The predicted molar refractivity (Wildman–Crippen MR) is 104 cm³/mol. The molecule has 1 saturated carbocycles. The maximum Gasteiger partial charge on any atom is 0.255 e. The summed E-state index contributed by atoms with van der Waals surface area (Å²) in [6, 6.07) is 7.36. The molecule has 1 aromatic carbocycles. The van der Waals surface area contributed by atoms with E-state index in [4.69, 9.17) is 4.74 Å². The Morgan fingerprint density at radius 1 is 1.32 bits per heavy atom. The van der Waals surface area contributed by atoms with Crippen LogP contribution in [0, 0.1) is 5.92 Å². The Morgan fingerprint density at radius 3 is 2.86 bits per heavy atom. The lowest BCUT2D eigenvalue weighted by molar-refractivity contribution is -0.136. The third-order valence-corrected chi connectivity index (χ3v) is 5.94. The Labute approximate surface area is 164 Å². The number of aromatic amines is 1. The first kappa shape index (κ1) is 18.5. The second-order valence-corrected chi connectivity index (χ2v) is 7.85. The number of para-hydroxylation sites is 1. The Bertz CT molecular complexity index is 841. The minimum atomic E-state index is -0.422. The molecule has 2 aromatic rings. The van der Waals surface area contributed by atoms with Crippen LogP contribution in [0.1, 0.15) is 41.6 Å². The zero-order valence-corrected chi connectivity index (χ0v) is 16.1. The standard InChI is InChI=1S/C21H26N4O3/c1-25(11-8-15-12-23-24-13-15)20(27)16-6-9-21(10-7-16)14-22-19(26)17-4-2-3-5-18(17)28-21/h2-5,12-13,16H,6-11,14H2,1H3,(H,22,26)(H,23,24). The van der Waals surface area contributed by atoms with Crippen molar-refractivity contribution < 1.29 is 14.3 Å². The highest BCUT2D eigenvalue weighted by Crippen LogP contribution is 2.38. The van der Waals surface area contributed by atoms with Gasteiger partial charge in [-0.25, -0.2) is 0 Å². The van der Waals surface area contributed by atoms with Gasteiger partial charge < -0.3 is 15.0 Å². The number of hydrogen-bond donors (Lipinski definition) is 2. The van der Waals surface area contributed by atoms with Crippen molar-refractivity contribution in [1.29, 1.82) is 0 Å². The van der Waals surface area contributed by atoms with Gasteiger partial charge in [0.25, 0.3) is 5.91 Å². The lowest BCUT2D eigenvalue weighted by Gasteiger charge is -2.39. The van der Waals surface area contributed by atoms with Crippen LogP contribution in [-0.4, -0.2) is 52.6 Å². The largest absolute Gasteiger partial charge is 0.485 e. The van der Waals surface area contributed by atoms with E-state index in [1.54, 1.807) is 12.3 Å². The molecule has 0 unspecified atom stereocenters. The lowest BCUT2D eigenvalue weighted by Crippen LogP contribution is -2.49. The number of likely N-dealkylation sites (N-methyl/N-ethyl adjacent to an activating group) is 1. The lowest BCUT2D eigenvalue weighted by atomic mass is 9.78. The number of H-pyrrole nitrogens is 1. The highest BCUT2D eigenvalue weighted by atomic mass is 16.5. The molecular weight excluding hydrogens is 356 g/mol. The van der Waals surface area contributed by atoms with Crippen LogP contribution in [-0.2, 0) is 11.2 Å². The fourth-order valence-corrected chi connectivity index (χ4v) is 4.15. The molecule has 2 N–H and O–H groups in total. The molecule has 1 aliphatic carbocycles. The quantitative estimate of drug-likeness (QED) is 0.848. The first-order chi connectivity index (χ1) is 13.6. The predicted octanol–water partition coefficient (Wildman–Crippen LogP) is 2.16. The van der Waals surface area contributed by atoms with Crippen molar-refractivity contribution in [2.45, 2.75) is 37.7 Å². The van der Waals surface area contributed by atoms with E-state index in [2.05, 4.69) is 15.5 Å². The fraction of sp³-hybridized carbons (Fsp3) is 0.476. The van der Waals surface area contributed by atoms with Gasteiger partial charge in [0.05, 0.1) is 18.3 Å². The normalized spacial score (nSPS) is 24.0. The van der Waals surface area contributed by atoms with E-state index in [0.29, 0.717) is 24.4 Å². The third-order valence-electron chi connectivity index (χ3n) is 5.94. The van der Waals surface area contributed by atoms with Crippen LogP contribution in [0.2, 0.25) is 0 Å². The molecule has 1 aliphatic heterocycles. The SMILES string of the molecule is CN(CCc1cn[nH]c1)C(=O)C1CCC2(CC1)CNC(=O)c1ccccc1O2. The number of nitrogens with zero attached hydrogens (tertiary/aromatic N) is 2. The fourth-order valence-electron chi connectivity index (χ4n) is 4.15. The molecule has 1 fully saturated rings. The van der Waals surface area contributed by atoms with Crippen LogP contribution in [0.4, 0.5) is 0 Å². The topological polar surface area (TPSA) is 87.3 Å². The first-order valence-electron chi connectivity index (χ1n) is 9.85. The van der Waals surface area contributed by atoms with Gasteiger partial charge in [-0.3, -0.25) is 14.7 Å². The Kier molecular flexibility index (Phi) is 5.07. The summed E-state index contributed by atoms with van der Waals surface area (Å²) in [6.07, 6.45) is 7.50. The summed E-state index contributed by atoms with van der Waals surface area (Å²) in [5.74, 6) is 0.748. The van der Waals surface area contributed by atoms with Crippen molar-refractivity contribution in [1.82, 2.24) is 20.4 Å². The monoisotopic (exact) mass is 382 g/mol. The van der Waals surface area contributed by atoms with Gasteiger partial charge in [-0.05, 0) is 49.8 Å². The highest BCUT2D eigenvalue weighted by molar-refractivity contribution is 5.97. The molecule has 0 atom stereocenters. The van der Waals surface area contributed by atoms with E-state index in [1.807, 2.05) is 36.3 Å². The molecule has 28 heavy (non-hydrogen) atoms. The van der Waals surface area contributed by atoms with Crippen LogP contribution in [0.15, 0.2) is 36.7 Å². The molecule has 148 valence electrons. The van der Waals surface area contributed by atoms with Gasteiger partial charge in [0.15, 0.2) is 0 Å². The molecule has 7 nitrogen and oxygen atoms in total. The summed E-state index contributed by atoms with van der Waals surface area (Å²) in [5.41, 5.74) is 1.26. The van der Waals surface area contributed by atoms with Gasteiger partial charge in [-0.15, -0.1) is 0 Å². The molecule has 2 amide bonds. The zero-order chi connectivity index (χ0) is 19.6. The minimum Gasteiger partial charge on any atom is -0.485 e. The van der Waals surface area contributed by atoms with Gasteiger partial charge in [0.1, 0.15) is 11.4 Å². The van der Waals surface area contributed by atoms with Crippen LogP contribution in [0.5, 0.6) is 5.75 Å². The second-order valence-electron chi connectivity index (χ2n) is 7.85.